The van der Waals surface area contributed by atoms with Crippen LogP contribution in [0.15, 0.2) is 41.0 Å². The minimum atomic E-state index is 0.483. The Balaban J connectivity index is 2.22. The second-order valence-electron chi connectivity index (χ2n) is 4.66. The van der Waals surface area contributed by atoms with Crippen LogP contribution in [0, 0.1) is 13.8 Å². The van der Waals surface area contributed by atoms with Crippen LogP contribution in [-0.4, -0.2) is 10.2 Å². The molecule has 2 heterocycles. The van der Waals surface area contributed by atoms with E-state index in [-0.39, 0.29) is 0 Å². The Kier molecular flexibility index (Phi) is 2.63. The summed E-state index contributed by atoms with van der Waals surface area (Å²) in [5.74, 6) is 1.26. The predicted molar refractivity (Wildman–Crippen MR) is 75.6 cm³/mol. The summed E-state index contributed by atoms with van der Waals surface area (Å²) in [6.07, 6.45) is 1.67. The molecule has 3 N–H and O–H groups in total. The van der Waals surface area contributed by atoms with Gasteiger partial charge in [-0.05, 0) is 31.0 Å². The lowest BCUT2D eigenvalue weighted by molar-refractivity contribution is 0.578. The average Bonchev–Trinajstić information content (AvgIpc) is 2.95. The van der Waals surface area contributed by atoms with Gasteiger partial charge in [-0.15, -0.1) is 0 Å². The molecule has 0 radical (unpaired) electrons. The third kappa shape index (κ3) is 1.91. The number of aromatic nitrogens is 2. The number of hydrogen-bond donors (Lipinski definition) is 2. The lowest BCUT2D eigenvalue weighted by Gasteiger charge is -2.04. The van der Waals surface area contributed by atoms with Crippen molar-refractivity contribution in [3.63, 3.8) is 0 Å². The van der Waals surface area contributed by atoms with Gasteiger partial charge in [0.2, 0.25) is 0 Å². The fourth-order valence-electron chi connectivity index (χ4n) is 2.24. The molecule has 0 aliphatic carbocycles. The number of nitrogen functional groups attached to an aromatic ring is 1. The van der Waals surface area contributed by atoms with E-state index in [0.717, 1.165) is 28.1 Å². The Morgan fingerprint density at radius 1 is 1.21 bits per heavy atom. The predicted octanol–water partition coefficient (Wildman–Crippen LogP) is 3.54. The van der Waals surface area contributed by atoms with Crippen LogP contribution in [0.25, 0.3) is 22.6 Å². The number of aryl methyl sites for hydroxylation is 2. The first-order valence-corrected chi connectivity index (χ1v) is 6.12. The minimum Gasteiger partial charge on any atom is -0.462 e. The zero-order valence-corrected chi connectivity index (χ0v) is 10.9. The van der Waals surface area contributed by atoms with Gasteiger partial charge in [-0.1, -0.05) is 29.8 Å². The third-order valence-electron chi connectivity index (χ3n) is 3.19. The van der Waals surface area contributed by atoms with Crippen LogP contribution in [0.5, 0.6) is 0 Å². The van der Waals surface area contributed by atoms with Crippen LogP contribution in [-0.2, 0) is 0 Å². The quantitative estimate of drug-likeness (QED) is 0.734. The molecule has 19 heavy (non-hydrogen) atoms. The van der Waals surface area contributed by atoms with Gasteiger partial charge in [0, 0.05) is 0 Å². The maximum atomic E-state index is 6.00. The normalized spacial score (nSPS) is 10.8. The molecule has 0 bridgehead atoms. The van der Waals surface area contributed by atoms with E-state index in [1.54, 1.807) is 6.26 Å². The molecule has 0 saturated heterocycles. The summed E-state index contributed by atoms with van der Waals surface area (Å²) in [6, 6.07) is 10.1. The van der Waals surface area contributed by atoms with Crippen LogP contribution in [0.1, 0.15) is 11.1 Å². The van der Waals surface area contributed by atoms with Gasteiger partial charge in [0.15, 0.2) is 11.6 Å². The van der Waals surface area contributed by atoms with Crippen molar-refractivity contribution in [3.05, 3.63) is 47.7 Å². The molecular formula is C15H15N3O. The number of rotatable bonds is 2. The summed E-state index contributed by atoms with van der Waals surface area (Å²) in [4.78, 5) is 0. The number of nitrogens with zero attached hydrogens (tertiary/aromatic N) is 1. The van der Waals surface area contributed by atoms with E-state index >= 15 is 0 Å². The van der Waals surface area contributed by atoms with E-state index in [2.05, 4.69) is 29.3 Å². The van der Waals surface area contributed by atoms with Crippen LogP contribution in [0.2, 0.25) is 0 Å². The van der Waals surface area contributed by atoms with Crippen LogP contribution < -0.4 is 5.73 Å². The first-order chi connectivity index (χ1) is 9.16. The summed E-state index contributed by atoms with van der Waals surface area (Å²) >= 11 is 0. The van der Waals surface area contributed by atoms with E-state index in [4.69, 9.17) is 10.2 Å². The summed E-state index contributed by atoms with van der Waals surface area (Å²) in [5.41, 5.74) is 11.0. The molecule has 0 atom stereocenters. The molecule has 0 aliphatic heterocycles. The first-order valence-electron chi connectivity index (χ1n) is 6.12. The largest absolute Gasteiger partial charge is 0.462 e. The molecule has 4 heteroatoms. The zero-order chi connectivity index (χ0) is 13.4. The summed E-state index contributed by atoms with van der Waals surface area (Å²) < 4.78 is 5.53. The van der Waals surface area contributed by atoms with E-state index in [1.165, 1.54) is 5.56 Å². The second-order valence-corrected chi connectivity index (χ2v) is 4.66. The molecule has 0 aliphatic rings. The van der Waals surface area contributed by atoms with Crippen molar-refractivity contribution in [2.45, 2.75) is 13.8 Å². The number of benzene rings is 1. The van der Waals surface area contributed by atoms with Crippen LogP contribution in [0.4, 0.5) is 5.82 Å². The van der Waals surface area contributed by atoms with Gasteiger partial charge in [0.05, 0.1) is 11.8 Å². The SMILES string of the molecule is Cc1cccc(-c2c(N)n[nH]c2-c2occc2C)c1. The highest BCUT2D eigenvalue weighted by molar-refractivity contribution is 5.87. The van der Waals surface area contributed by atoms with Gasteiger partial charge in [-0.2, -0.15) is 5.10 Å². The molecule has 4 nitrogen and oxygen atoms in total. The Labute approximate surface area is 111 Å². The van der Waals surface area contributed by atoms with Gasteiger partial charge in [-0.3, -0.25) is 5.10 Å². The molecule has 0 amide bonds. The molecule has 0 unspecified atom stereocenters. The number of furan rings is 1. The van der Waals surface area contributed by atoms with Crippen LogP contribution >= 0.6 is 0 Å². The first kappa shape index (κ1) is 11.6. The topological polar surface area (TPSA) is 67.8 Å². The number of nitrogens with one attached hydrogen (secondary N) is 1. The van der Waals surface area contributed by atoms with Gasteiger partial charge in [-0.25, -0.2) is 0 Å². The lowest BCUT2D eigenvalue weighted by Crippen LogP contribution is -1.89. The molecular weight excluding hydrogens is 238 g/mol. The Morgan fingerprint density at radius 2 is 2.05 bits per heavy atom. The van der Waals surface area contributed by atoms with Crippen molar-refractivity contribution < 1.29 is 4.42 Å². The van der Waals surface area contributed by atoms with E-state index in [9.17, 15) is 0 Å². The van der Waals surface area contributed by atoms with Crippen molar-refractivity contribution >= 4 is 5.82 Å². The average molecular weight is 253 g/mol. The number of anilines is 1. The fourth-order valence-corrected chi connectivity index (χ4v) is 2.24. The smallest absolute Gasteiger partial charge is 0.155 e. The highest BCUT2D eigenvalue weighted by atomic mass is 16.3. The minimum absolute atomic E-state index is 0.483. The van der Waals surface area contributed by atoms with Crippen molar-refractivity contribution in [2.75, 3.05) is 5.73 Å². The zero-order valence-electron chi connectivity index (χ0n) is 10.9. The Bertz CT molecular complexity index is 725. The van der Waals surface area contributed by atoms with Gasteiger partial charge in [0.1, 0.15) is 5.69 Å². The standard InChI is InChI=1S/C15H15N3O/c1-9-4-3-5-11(8-9)12-13(17-18-15(12)16)14-10(2)6-7-19-14/h3-8H,1-2H3,(H3,16,17,18). The second kappa shape index (κ2) is 4.31. The molecule has 3 rings (SSSR count). The van der Waals surface area contributed by atoms with Gasteiger partial charge < -0.3 is 10.2 Å². The molecule has 2 aromatic heterocycles. The van der Waals surface area contributed by atoms with E-state index in [0.29, 0.717) is 5.82 Å². The number of H-pyrrole nitrogens is 1. The number of hydrogen-bond acceptors (Lipinski definition) is 3. The van der Waals surface area contributed by atoms with Crippen LogP contribution in [0.3, 0.4) is 0 Å². The highest BCUT2D eigenvalue weighted by Crippen LogP contribution is 2.36. The van der Waals surface area contributed by atoms with Crippen molar-refractivity contribution in [1.82, 2.24) is 10.2 Å². The Hall–Kier alpha value is -2.49. The number of aromatic amines is 1. The van der Waals surface area contributed by atoms with Gasteiger partial charge >= 0.3 is 0 Å². The maximum Gasteiger partial charge on any atom is 0.155 e. The molecule has 0 spiro atoms. The molecule has 0 saturated carbocycles. The summed E-state index contributed by atoms with van der Waals surface area (Å²) in [6.45, 7) is 4.05. The van der Waals surface area contributed by atoms with Crippen molar-refractivity contribution in [2.24, 2.45) is 0 Å². The third-order valence-corrected chi connectivity index (χ3v) is 3.19. The van der Waals surface area contributed by atoms with Gasteiger partial charge in [0.25, 0.3) is 0 Å². The van der Waals surface area contributed by atoms with Crippen molar-refractivity contribution in [3.8, 4) is 22.6 Å². The monoisotopic (exact) mass is 253 g/mol. The molecule has 1 aromatic carbocycles. The fraction of sp³-hybridized carbons (Fsp3) is 0.133. The summed E-state index contributed by atoms with van der Waals surface area (Å²) in [7, 11) is 0. The highest BCUT2D eigenvalue weighted by Gasteiger charge is 2.18. The van der Waals surface area contributed by atoms with E-state index < -0.39 is 0 Å². The molecule has 0 fully saturated rings. The Morgan fingerprint density at radius 3 is 2.74 bits per heavy atom. The maximum absolute atomic E-state index is 6.00. The summed E-state index contributed by atoms with van der Waals surface area (Å²) in [5, 5.41) is 7.08. The van der Waals surface area contributed by atoms with E-state index in [1.807, 2.05) is 25.1 Å². The number of nitrogens with two attached hydrogens (primary N) is 1. The lowest BCUT2D eigenvalue weighted by atomic mass is 10.0. The molecule has 96 valence electrons. The molecule has 3 aromatic rings. The van der Waals surface area contributed by atoms with Crippen molar-refractivity contribution in [1.29, 1.82) is 0 Å².